The fraction of sp³-hybridized carbons (Fsp3) is 0.500. The van der Waals surface area contributed by atoms with Crippen LogP contribution in [0.25, 0.3) is 11.2 Å². The number of aliphatic hydroxyl groups is 2. The average Bonchev–Trinajstić information content (AvgIpc) is 3.22. The molecule has 1 saturated heterocycles. The highest BCUT2D eigenvalue weighted by Crippen LogP contribution is 2.41. The van der Waals surface area contributed by atoms with Crippen LogP contribution in [0.2, 0.25) is 0 Å². The van der Waals surface area contributed by atoms with Gasteiger partial charge in [-0.25, -0.2) is 19.7 Å². The molecule has 0 radical (unpaired) electrons. The van der Waals surface area contributed by atoms with Gasteiger partial charge in [-0.3, -0.25) is 9.13 Å². The van der Waals surface area contributed by atoms with E-state index in [4.69, 9.17) is 10.5 Å². The lowest BCUT2D eigenvalue weighted by Gasteiger charge is -2.25. The number of hydrogen-bond acceptors (Lipinski definition) is 14. The number of carbonyl (C=O) groups excluding carboxylic acids is 2. The van der Waals surface area contributed by atoms with Gasteiger partial charge in [0.2, 0.25) is 0 Å². The van der Waals surface area contributed by atoms with Crippen molar-refractivity contribution in [3.8, 4) is 0 Å². The van der Waals surface area contributed by atoms with Crippen LogP contribution >= 0.6 is 7.82 Å². The molecular weight excluding hydrogens is 443 g/mol. The summed E-state index contributed by atoms with van der Waals surface area (Å²) in [6.07, 6.45) is -4.14. The van der Waals surface area contributed by atoms with Crippen LogP contribution < -0.4 is 21.5 Å². The highest BCUT2D eigenvalue weighted by molar-refractivity contribution is 7.46. The van der Waals surface area contributed by atoms with Gasteiger partial charge < -0.3 is 50.3 Å². The van der Waals surface area contributed by atoms with E-state index in [1.165, 1.54) is 10.9 Å². The van der Waals surface area contributed by atoms with E-state index in [0.29, 0.717) is 0 Å². The van der Waals surface area contributed by atoms with Gasteiger partial charge >= 0.3 is 13.8 Å². The molecule has 1 aliphatic heterocycles. The van der Waals surface area contributed by atoms with E-state index in [2.05, 4.69) is 29.7 Å². The second-order valence-corrected chi connectivity index (χ2v) is 7.89. The van der Waals surface area contributed by atoms with Crippen LogP contribution in [0.3, 0.4) is 0 Å². The topological polar surface area (TPSA) is 263 Å². The number of nitrogens with two attached hydrogens (primary N) is 1. The summed E-state index contributed by atoms with van der Waals surface area (Å²) in [5.41, 5.74) is 9.27. The molecule has 0 aromatic carbocycles. The van der Waals surface area contributed by atoms with Gasteiger partial charge in [-0.15, -0.1) is 0 Å². The Labute approximate surface area is 173 Å². The van der Waals surface area contributed by atoms with Crippen molar-refractivity contribution in [3.63, 3.8) is 0 Å². The number of aliphatic hydroxyl groups excluding tert-OH is 2. The van der Waals surface area contributed by atoms with Crippen molar-refractivity contribution in [2.75, 3.05) is 12.3 Å². The van der Waals surface area contributed by atoms with Crippen LogP contribution in [-0.2, 0) is 27.9 Å². The summed E-state index contributed by atoms with van der Waals surface area (Å²) < 4.78 is 27.2. The largest absolute Gasteiger partial charge is 0.746 e. The maximum absolute atomic E-state index is 11.8. The average molecular weight is 461 g/mol. The normalized spacial score (nSPS) is 26.5. The van der Waals surface area contributed by atoms with E-state index < -0.39 is 63.4 Å². The first-order valence-electron chi connectivity index (χ1n) is 8.66. The predicted molar refractivity (Wildman–Crippen MR) is 91.6 cm³/mol. The maximum Gasteiger partial charge on any atom is 0.370 e. The van der Waals surface area contributed by atoms with Crippen LogP contribution in [0.15, 0.2) is 12.7 Å². The molecule has 0 saturated carbocycles. The number of phosphoric acid groups is 1. The van der Waals surface area contributed by atoms with Gasteiger partial charge in [0.05, 0.1) is 19.4 Å². The van der Waals surface area contributed by atoms with Crippen LogP contribution in [0, 0.1) is 0 Å². The van der Waals surface area contributed by atoms with Gasteiger partial charge in [0.15, 0.2) is 23.7 Å². The third kappa shape index (κ3) is 4.96. The van der Waals surface area contributed by atoms with Crippen molar-refractivity contribution < 1.29 is 53.9 Å². The van der Waals surface area contributed by atoms with Gasteiger partial charge in [0, 0.05) is 5.97 Å². The van der Waals surface area contributed by atoms with Crippen molar-refractivity contribution in [3.05, 3.63) is 12.7 Å². The number of anilines is 1. The fourth-order valence-electron chi connectivity index (χ4n) is 2.81. The van der Waals surface area contributed by atoms with Crippen molar-refractivity contribution in [1.82, 2.24) is 19.5 Å². The molecule has 0 bridgehead atoms. The molecule has 16 nitrogen and oxygen atoms in total. The summed E-state index contributed by atoms with van der Waals surface area (Å²) in [6, 6.07) is -1.54. The summed E-state index contributed by atoms with van der Waals surface area (Å²) in [5, 5.41) is 30.9. The van der Waals surface area contributed by atoms with Gasteiger partial charge in [-0.05, 0) is 0 Å². The number of nitrogens with zero attached hydrogens (tertiary/aromatic N) is 4. The first-order chi connectivity index (χ1) is 14.5. The molecule has 170 valence electrons. The Morgan fingerprint density at radius 3 is 2.74 bits per heavy atom. The standard InChI is InChI=1S/C14H19N6O10P/c15-5(1-7(21)22)14(25)30-31(26,27)28-2-6-9(23)10(24)13(29-6)20-4-19-8-11(16)17-3-18-12(8)20/h3-6,9-10,13,23-24H,1-2,15H2,(H,21,22)(H,26,27)(H2,16,17,18)/p-1/t5-,6+,9+,10+,13+/m0/s1. The SMILES string of the molecule is Nc1ncnc2c1ncn2[C@@H]1O[C@H](COP(=O)([O-])OC(=O)[C@@H]([NH3+])CC(=O)[O-])[C@@H](O)[C@H]1O. The number of aliphatic carboxylic acids is 1. The lowest BCUT2D eigenvalue weighted by molar-refractivity contribution is -0.412. The lowest BCUT2D eigenvalue weighted by Crippen LogP contribution is -2.66. The molecule has 3 rings (SSSR count). The summed E-state index contributed by atoms with van der Waals surface area (Å²) in [6.45, 7) is -0.825. The van der Waals surface area contributed by atoms with Crippen molar-refractivity contribution in [2.45, 2.75) is 37.0 Å². The molecule has 2 aromatic rings. The first-order valence-corrected chi connectivity index (χ1v) is 10.1. The summed E-state index contributed by atoms with van der Waals surface area (Å²) in [4.78, 5) is 45.6. The Hall–Kier alpha value is -2.72. The van der Waals surface area contributed by atoms with Gasteiger partial charge in [0.25, 0.3) is 0 Å². The molecule has 7 N–H and O–H groups in total. The van der Waals surface area contributed by atoms with E-state index >= 15 is 0 Å². The fourth-order valence-corrected chi connectivity index (χ4v) is 3.56. The molecule has 0 amide bonds. The minimum atomic E-state index is -5.25. The molecular formula is C14H18N6O10P-. The number of fused-ring (bicyclic) bond motifs is 1. The zero-order valence-corrected chi connectivity index (χ0v) is 16.5. The smallest absolute Gasteiger partial charge is 0.370 e. The van der Waals surface area contributed by atoms with E-state index in [0.717, 1.165) is 6.33 Å². The minimum absolute atomic E-state index is 0.0770. The Kier molecular flexibility index (Phi) is 6.51. The molecule has 2 aromatic heterocycles. The van der Waals surface area contributed by atoms with Crippen LogP contribution in [0.5, 0.6) is 0 Å². The molecule has 31 heavy (non-hydrogen) atoms. The zero-order valence-electron chi connectivity index (χ0n) is 15.6. The quantitative estimate of drug-likeness (QED) is 0.268. The monoisotopic (exact) mass is 461 g/mol. The first kappa shape index (κ1) is 23.0. The number of imidazole rings is 1. The number of aromatic nitrogens is 4. The van der Waals surface area contributed by atoms with Crippen LogP contribution in [-0.4, -0.2) is 72.6 Å². The molecule has 1 aliphatic rings. The second-order valence-electron chi connectivity index (χ2n) is 6.56. The van der Waals surface area contributed by atoms with Crippen molar-refractivity contribution >= 4 is 36.7 Å². The van der Waals surface area contributed by atoms with E-state index in [9.17, 15) is 34.4 Å². The number of carbonyl (C=O) groups is 2. The number of ether oxygens (including phenoxy) is 1. The number of rotatable bonds is 8. The maximum atomic E-state index is 11.8. The third-order valence-electron chi connectivity index (χ3n) is 4.34. The predicted octanol–water partition coefficient (Wildman–Crippen LogP) is -5.19. The second kappa shape index (κ2) is 8.80. The summed E-state index contributed by atoms with van der Waals surface area (Å²) in [5.74, 6) is -3.01. The van der Waals surface area contributed by atoms with Crippen LogP contribution in [0.1, 0.15) is 12.6 Å². The van der Waals surface area contributed by atoms with Gasteiger partial charge in [-0.2, -0.15) is 0 Å². The van der Waals surface area contributed by atoms with Gasteiger partial charge in [0.1, 0.15) is 30.2 Å². The van der Waals surface area contributed by atoms with E-state index in [1.54, 1.807) is 0 Å². The van der Waals surface area contributed by atoms with E-state index in [1.807, 2.05) is 0 Å². The Morgan fingerprint density at radius 2 is 2.06 bits per heavy atom. The minimum Gasteiger partial charge on any atom is -0.746 e. The van der Waals surface area contributed by atoms with Gasteiger partial charge in [-0.1, -0.05) is 0 Å². The van der Waals surface area contributed by atoms with Crippen LogP contribution in [0.4, 0.5) is 5.82 Å². The highest BCUT2D eigenvalue weighted by atomic mass is 31.2. The Bertz CT molecular complexity index is 1030. The summed E-state index contributed by atoms with van der Waals surface area (Å²) in [7, 11) is -5.25. The number of nitrogen functional groups attached to an aromatic ring is 1. The number of hydrogen-bond donors (Lipinski definition) is 4. The third-order valence-corrected chi connectivity index (χ3v) is 5.21. The summed E-state index contributed by atoms with van der Waals surface area (Å²) >= 11 is 0. The number of quaternary nitrogens is 1. The molecule has 1 unspecified atom stereocenters. The van der Waals surface area contributed by atoms with Crippen molar-refractivity contribution in [2.24, 2.45) is 0 Å². The molecule has 0 spiro atoms. The molecule has 0 aliphatic carbocycles. The number of phosphoric ester groups is 1. The molecule has 1 fully saturated rings. The number of carboxylic acid groups (broad SMARTS) is 1. The molecule has 3 heterocycles. The number of carboxylic acids is 1. The lowest BCUT2D eigenvalue weighted by atomic mass is 10.1. The zero-order chi connectivity index (χ0) is 22.9. The molecule has 17 heteroatoms. The highest BCUT2D eigenvalue weighted by Gasteiger charge is 2.45. The Balaban J connectivity index is 1.65. The van der Waals surface area contributed by atoms with Crippen molar-refractivity contribution in [1.29, 1.82) is 0 Å². The van der Waals surface area contributed by atoms with E-state index in [-0.39, 0.29) is 17.0 Å². The molecule has 6 atom stereocenters. The Morgan fingerprint density at radius 1 is 1.35 bits per heavy atom.